The SMILES string of the molecule is CC(Oc1ccc(Cc2ccccc2)cc1)C(=O)N1CCCCC1. The van der Waals surface area contributed by atoms with E-state index in [1.807, 2.05) is 30.0 Å². The molecule has 1 aliphatic heterocycles. The number of piperidine rings is 1. The third kappa shape index (κ3) is 4.38. The van der Waals surface area contributed by atoms with Gasteiger partial charge in [-0.15, -0.1) is 0 Å². The van der Waals surface area contributed by atoms with Gasteiger partial charge >= 0.3 is 0 Å². The summed E-state index contributed by atoms with van der Waals surface area (Å²) in [7, 11) is 0. The van der Waals surface area contributed by atoms with E-state index < -0.39 is 6.10 Å². The second kappa shape index (κ2) is 8.00. The summed E-state index contributed by atoms with van der Waals surface area (Å²) >= 11 is 0. The molecule has 3 nitrogen and oxygen atoms in total. The molecule has 2 aromatic carbocycles. The molecule has 1 amide bonds. The maximum atomic E-state index is 12.4. The van der Waals surface area contributed by atoms with E-state index in [0.717, 1.165) is 38.1 Å². The first-order chi connectivity index (χ1) is 11.7. The van der Waals surface area contributed by atoms with Crippen molar-refractivity contribution in [3.63, 3.8) is 0 Å². The van der Waals surface area contributed by atoms with Crippen LogP contribution < -0.4 is 4.74 Å². The van der Waals surface area contributed by atoms with Gasteiger partial charge in [-0.1, -0.05) is 42.5 Å². The molecule has 2 aromatic rings. The smallest absolute Gasteiger partial charge is 0.263 e. The Kier molecular flexibility index (Phi) is 5.52. The van der Waals surface area contributed by atoms with Gasteiger partial charge in [-0.3, -0.25) is 4.79 Å². The summed E-state index contributed by atoms with van der Waals surface area (Å²) in [5.74, 6) is 0.854. The Morgan fingerprint density at radius 3 is 2.25 bits per heavy atom. The van der Waals surface area contributed by atoms with Gasteiger partial charge in [0.05, 0.1) is 0 Å². The van der Waals surface area contributed by atoms with Crippen LogP contribution in [0.15, 0.2) is 54.6 Å². The number of ether oxygens (including phenoxy) is 1. The molecular formula is C21H25NO2. The van der Waals surface area contributed by atoms with Crippen LogP contribution >= 0.6 is 0 Å². The summed E-state index contributed by atoms with van der Waals surface area (Å²) in [5.41, 5.74) is 2.53. The topological polar surface area (TPSA) is 29.5 Å². The Hall–Kier alpha value is -2.29. The maximum absolute atomic E-state index is 12.4. The van der Waals surface area contributed by atoms with Crippen molar-refractivity contribution >= 4 is 5.91 Å². The molecule has 1 unspecified atom stereocenters. The van der Waals surface area contributed by atoms with Gasteiger partial charge in [0.2, 0.25) is 0 Å². The van der Waals surface area contributed by atoms with Crippen molar-refractivity contribution in [1.29, 1.82) is 0 Å². The lowest BCUT2D eigenvalue weighted by Crippen LogP contribution is -2.43. The Morgan fingerprint density at radius 2 is 1.58 bits per heavy atom. The molecule has 3 rings (SSSR count). The van der Waals surface area contributed by atoms with Crippen LogP contribution in [0, 0.1) is 0 Å². The average molecular weight is 323 g/mol. The maximum Gasteiger partial charge on any atom is 0.263 e. The summed E-state index contributed by atoms with van der Waals surface area (Å²) < 4.78 is 5.84. The molecule has 0 saturated carbocycles. The van der Waals surface area contributed by atoms with Crippen molar-refractivity contribution in [2.75, 3.05) is 13.1 Å². The molecule has 3 heteroatoms. The number of rotatable bonds is 5. The van der Waals surface area contributed by atoms with Crippen LogP contribution in [0.2, 0.25) is 0 Å². The minimum Gasteiger partial charge on any atom is -0.481 e. The Labute approximate surface area is 144 Å². The van der Waals surface area contributed by atoms with Crippen LogP contribution in [-0.2, 0) is 11.2 Å². The standard InChI is InChI=1S/C21H25NO2/c1-17(21(23)22-14-6-3-7-15-22)24-20-12-10-19(11-13-20)16-18-8-4-2-5-9-18/h2,4-5,8-13,17H,3,6-7,14-16H2,1H3. The van der Waals surface area contributed by atoms with Gasteiger partial charge in [0, 0.05) is 13.1 Å². The van der Waals surface area contributed by atoms with Crippen LogP contribution in [0.4, 0.5) is 0 Å². The average Bonchev–Trinajstić information content (AvgIpc) is 2.64. The predicted octanol–water partition coefficient (Wildman–Crippen LogP) is 4.06. The predicted molar refractivity (Wildman–Crippen MR) is 96.2 cm³/mol. The number of hydrogen-bond donors (Lipinski definition) is 0. The second-order valence-corrected chi connectivity index (χ2v) is 6.45. The normalized spacial score (nSPS) is 15.8. The van der Waals surface area contributed by atoms with Crippen molar-refractivity contribution in [2.24, 2.45) is 0 Å². The molecule has 0 bridgehead atoms. The molecule has 1 atom stereocenters. The van der Waals surface area contributed by atoms with Gasteiger partial charge in [0.1, 0.15) is 5.75 Å². The molecule has 24 heavy (non-hydrogen) atoms. The summed E-state index contributed by atoms with van der Waals surface area (Å²) in [4.78, 5) is 14.3. The van der Waals surface area contributed by atoms with Crippen molar-refractivity contribution in [1.82, 2.24) is 4.90 Å². The Balaban J connectivity index is 1.56. The van der Waals surface area contributed by atoms with Crippen molar-refractivity contribution < 1.29 is 9.53 Å². The quantitative estimate of drug-likeness (QED) is 0.830. The zero-order valence-electron chi connectivity index (χ0n) is 14.3. The Morgan fingerprint density at radius 1 is 0.958 bits per heavy atom. The number of benzene rings is 2. The first kappa shape index (κ1) is 16.6. The van der Waals surface area contributed by atoms with Gasteiger partial charge < -0.3 is 9.64 Å². The molecule has 126 valence electrons. The fourth-order valence-corrected chi connectivity index (χ4v) is 3.14. The van der Waals surface area contributed by atoms with Gasteiger partial charge in [-0.05, 0) is 55.9 Å². The monoisotopic (exact) mass is 323 g/mol. The van der Waals surface area contributed by atoms with E-state index in [0.29, 0.717) is 0 Å². The molecule has 0 aliphatic carbocycles. The first-order valence-electron chi connectivity index (χ1n) is 8.81. The molecule has 1 aliphatic rings. The lowest BCUT2D eigenvalue weighted by Gasteiger charge is -2.29. The van der Waals surface area contributed by atoms with Crippen LogP contribution in [0.5, 0.6) is 5.75 Å². The number of hydrogen-bond acceptors (Lipinski definition) is 2. The van der Waals surface area contributed by atoms with Gasteiger partial charge in [-0.25, -0.2) is 0 Å². The fraction of sp³-hybridized carbons (Fsp3) is 0.381. The van der Waals surface area contributed by atoms with Crippen LogP contribution in [0.25, 0.3) is 0 Å². The molecule has 0 aromatic heterocycles. The van der Waals surface area contributed by atoms with Crippen LogP contribution in [0.1, 0.15) is 37.3 Å². The number of likely N-dealkylation sites (tertiary alicyclic amines) is 1. The van der Waals surface area contributed by atoms with E-state index in [1.165, 1.54) is 17.5 Å². The highest BCUT2D eigenvalue weighted by Gasteiger charge is 2.23. The van der Waals surface area contributed by atoms with E-state index in [-0.39, 0.29) is 5.91 Å². The van der Waals surface area contributed by atoms with Crippen LogP contribution in [-0.4, -0.2) is 30.0 Å². The van der Waals surface area contributed by atoms with E-state index >= 15 is 0 Å². The highest BCUT2D eigenvalue weighted by Crippen LogP contribution is 2.18. The zero-order valence-corrected chi connectivity index (χ0v) is 14.3. The summed E-state index contributed by atoms with van der Waals surface area (Å²) in [6, 6.07) is 18.5. The van der Waals surface area contributed by atoms with Gasteiger partial charge in [0.15, 0.2) is 6.10 Å². The highest BCUT2D eigenvalue weighted by atomic mass is 16.5. The third-order valence-corrected chi connectivity index (χ3v) is 4.50. The third-order valence-electron chi connectivity index (χ3n) is 4.50. The number of amides is 1. The van der Waals surface area contributed by atoms with E-state index in [1.54, 1.807) is 0 Å². The molecule has 1 heterocycles. The lowest BCUT2D eigenvalue weighted by molar-refractivity contribution is -0.138. The fourth-order valence-electron chi connectivity index (χ4n) is 3.14. The largest absolute Gasteiger partial charge is 0.481 e. The van der Waals surface area contributed by atoms with E-state index in [9.17, 15) is 4.79 Å². The number of carbonyl (C=O) groups excluding carboxylic acids is 1. The Bertz CT molecular complexity index is 645. The summed E-state index contributed by atoms with van der Waals surface area (Å²) in [5, 5.41) is 0. The molecule has 1 fully saturated rings. The number of carbonyl (C=O) groups is 1. The second-order valence-electron chi connectivity index (χ2n) is 6.45. The minimum atomic E-state index is -0.428. The zero-order chi connectivity index (χ0) is 16.8. The molecule has 0 spiro atoms. The summed E-state index contributed by atoms with van der Waals surface area (Å²) in [6.45, 7) is 3.57. The lowest BCUT2D eigenvalue weighted by atomic mass is 10.1. The van der Waals surface area contributed by atoms with Crippen molar-refractivity contribution in [3.8, 4) is 5.75 Å². The minimum absolute atomic E-state index is 0.100. The van der Waals surface area contributed by atoms with E-state index in [2.05, 4.69) is 36.4 Å². The highest BCUT2D eigenvalue weighted by molar-refractivity contribution is 5.81. The van der Waals surface area contributed by atoms with Gasteiger partial charge in [-0.2, -0.15) is 0 Å². The van der Waals surface area contributed by atoms with Crippen molar-refractivity contribution in [2.45, 2.75) is 38.7 Å². The van der Waals surface area contributed by atoms with Crippen LogP contribution in [0.3, 0.4) is 0 Å². The molecule has 1 saturated heterocycles. The molecule has 0 N–H and O–H groups in total. The van der Waals surface area contributed by atoms with Crippen molar-refractivity contribution in [3.05, 3.63) is 65.7 Å². The van der Waals surface area contributed by atoms with E-state index in [4.69, 9.17) is 4.74 Å². The first-order valence-corrected chi connectivity index (χ1v) is 8.81. The summed E-state index contributed by atoms with van der Waals surface area (Å²) in [6.07, 6.45) is 3.91. The molecule has 0 radical (unpaired) electrons. The number of nitrogens with zero attached hydrogens (tertiary/aromatic N) is 1. The molecular weight excluding hydrogens is 298 g/mol. The van der Waals surface area contributed by atoms with Gasteiger partial charge in [0.25, 0.3) is 5.91 Å².